The summed E-state index contributed by atoms with van der Waals surface area (Å²) >= 11 is 3.48. The molecule has 4 aromatic rings. The number of halogens is 1. The van der Waals surface area contributed by atoms with Gasteiger partial charge in [0.1, 0.15) is 5.75 Å². The second-order valence-corrected chi connectivity index (χ2v) is 6.02. The van der Waals surface area contributed by atoms with Gasteiger partial charge in [-0.2, -0.15) is 0 Å². The monoisotopic (exact) mass is 354 g/mol. The fourth-order valence-corrected chi connectivity index (χ4v) is 3.11. The number of aromatic amines is 2. The van der Waals surface area contributed by atoms with Gasteiger partial charge < -0.3 is 15.1 Å². The first-order valence-electron chi connectivity index (χ1n) is 6.75. The van der Waals surface area contributed by atoms with Crippen molar-refractivity contribution in [3.05, 3.63) is 64.4 Å². The van der Waals surface area contributed by atoms with Crippen LogP contribution in [0.3, 0.4) is 0 Å². The van der Waals surface area contributed by atoms with Gasteiger partial charge in [0.25, 0.3) is 0 Å². The molecule has 2 heterocycles. The molecule has 2 aromatic heterocycles. The van der Waals surface area contributed by atoms with Crippen LogP contribution in [0, 0.1) is 0 Å². The van der Waals surface area contributed by atoms with Crippen LogP contribution in [0.2, 0.25) is 0 Å². The van der Waals surface area contributed by atoms with Crippen molar-refractivity contribution in [3.8, 4) is 5.75 Å². The van der Waals surface area contributed by atoms with Crippen LogP contribution in [-0.4, -0.2) is 20.9 Å². The zero-order valence-corrected chi connectivity index (χ0v) is 12.9. The van der Waals surface area contributed by atoms with Crippen LogP contribution in [0.15, 0.2) is 53.0 Å². The highest BCUT2D eigenvalue weighted by atomic mass is 79.9. The number of ketones is 1. The van der Waals surface area contributed by atoms with Gasteiger partial charge in [-0.15, -0.1) is 0 Å². The van der Waals surface area contributed by atoms with Gasteiger partial charge in [0.2, 0.25) is 5.78 Å². The van der Waals surface area contributed by atoms with E-state index >= 15 is 0 Å². The summed E-state index contributed by atoms with van der Waals surface area (Å²) < 4.78 is 0.946. The number of carbonyl (C=O) groups excluding carboxylic acids is 1. The molecule has 0 amide bonds. The fourth-order valence-electron chi connectivity index (χ4n) is 2.63. The maximum Gasteiger partial charge on any atom is 0.225 e. The predicted molar refractivity (Wildman–Crippen MR) is 89.4 cm³/mol. The lowest BCUT2D eigenvalue weighted by molar-refractivity contribution is 0.103. The highest BCUT2D eigenvalue weighted by Crippen LogP contribution is 2.26. The van der Waals surface area contributed by atoms with Crippen LogP contribution in [0.25, 0.3) is 21.8 Å². The average Bonchev–Trinajstić information content (AvgIpc) is 3.10. The number of aromatic nitrogens is 2. The molecule has 22 heavy (non-hydrogen) atoms. The van der Waals surface area contributed by atoms with Crippen molar-refractivity contribution in [2.45, 2.75) is 0 Å². The third kappa shape index (κ3) is 2.02. The average molecular weight is 355 g/mol. The molecule has 5 heteroatoms. The summed E-state index contributed by atoms with van der Waals surface area (Å²) in [5.74, 6) is 0.0684. The van der Waals surface area contributed by atoms with E-state index in [1.807, 2.05) is 24.3 Å². The predicted octanol–water partition coefficient (Wildman–Crippen LogP) is 4.35. The fraction of sp³-hybridized carbons (Fsp3) is 0. The van der Waals surface area contributed by atoms with Crippen LogP contribution >= 0.6 is 15.9 Å². The largest absolute Gasteiger partial charge is 0.508 e. The Morgan fingerprint density at radius 2 is 1.73 bits per heavy atom. The van der Waals surface area contributed by atoms with Crippen LogP contribution < -0.4 is 0 Å². The lowest BCUT2D eigenvalue weighted by Crippen LogP contribution is -2.01. The first kappa shape index (κ1) is 13.2. The molecule has 108 valence electrons. The molecular weight excluding hydrogens is 344 g/mol. The number of benzene rings is 2. The van der Waals surface area contributed by atoms with E-state index in [4.69, 9.17) is 0 Å². The number of hydrogen-bond acceptors (Lipinski definition) is 2. The third-order valence-electron chi connectivity index (χ3n) is 3.70. The van der Waals surface area contributed by atoms with E-state index in [0.29, 0.717) is 11.4 Å². The Kier molecular flexibility index (Phi) is 2.84. The maximum atomic E-state index is 12.6. The van der Waals surface area contributed by atoms with Crippen molar-refractivity contribution in [2.75, 3.05) is 0 Å². The van der Waals surface area contributed by atoms with Gasteiger partial charge in [0.15, 0.2) is 0 Å². The Morgan fingerprint density at radius 3 is 2.55 bits per heavy atom. The molecule has 0 aliphatic heterocycles. The smallest absolute Gasteiger partial charge is 0.225 e. The number of phenols is 1. The van der Waals surface area contributed by atoms with Gasteiger partial charge in [-0.05, 0) is 42.5 Å². The minimum atomic E-state index is -0.112. The van der Waals surface area contributed by atoms with Crippen molar-refractivity contribution < 1.29 is 9.90 Å². The lowest BCUT2D eigenvalue weighted by Gasteiger charge is -1.93. The van der Waals surface area contributed by atoms with Crippen LogP contribution in [0.5, 0.6) is 5.75 Å². The molecular formula is C17H11BrN2O2. The number of fused-ring (bicyclic) bond motifs is 2. The summed E-state index contributed by atoms with van der Waals surface area (Å²) in [5, 5.41) is 11.3. The van der Waals surface area contributed by atoms with Crippen molar-refractivity contribution in [3.63, 3.8) is 0 Å². The van der Waals surface area contributed by atoms with Crippen LogP contribution in [-0.2, 0) is 0 Å². The van der Waals surface area contributed by atoms with Crippen molar-refractivity contribution >= 4 is 43.5 Å². The number of aromatic hydroxyl groups is 1. The number of hydrogen-bond donors (Lipinski definition) is 3. The normalized spacial score (nSPS) is 11.3. The molecule has 0 unspecified atom stereocenters. The first-order chi connectivity index (χ1) is 10.6. The summed E-state index contributed by atoms with van der Waals surface area (Å²) in [7, 11) is 0. The maximum absolute atomic E-state index is 12.6. The van der Waals surface area contributed by atoms with Gasteiger partial charge in [-0.25, -0.2) is 0 Å². The zero-order valence-electron chi connectivity index (χ0n) is 11.4. The van der Waals surface area contributed by atoms with Crippen LogP contribution in [0.1, 0.15) is 16.2 Å². The van der Waals surface area contributed by atoms with E-state index in [1.54, 1.807) is 24.3 Å². The Morgan fingerprint density at radius 1 is 0.955 bits per heavy atom. The SMILES string of the molecule is O=C(c1cc2cc(O)ccc2[nH]1)c1cc2c(Br)cccc2[nH]1. The molecule has 0 fully saturated rings. The van der Waals surface area contributed by atoms with Gasteiger partial charge >= 0.3 is 0 Å². The topological polar surface area (TPSA) is 68.9 Å². The standard InChI is InChI=1S/C17H11BrN2O2/c18-12-2-1-3-14-11(12)8-16(20-14)17(22)15-7-9-6-10(21)4-5-13(9)19-15/h1-8,19-21H. The number of carbonyl (C=O) groups is 1. The Hall–Kier alpha value is -2.53. The van der Waals surface area contributed by atoms with E-state index in [9.17, 15) is 9.90 Å². The summed E-state index contributed by atoms with van der Waals surface area (Å²) in [6, 6.07) is 14.3. The molecule has 0 atom stereocenters. The van der Waals surface area contributed by atoms with Crippen molar-refractivity contribution in [1.82, 2.24) is 9.97 Å². The summed E-state index contributed by atoms with van der Waals surface area (Å²) in [6.45, 7) is 0. The Bertz CT molecular complexity index is 1030. The summed E-state index contributed by atoms with van der Waals surface area (Å²) in [4.78, 5) is 18.9. The van der Waals surface area contributed by atoms with E-state index in [1.165, 1.54) is 0 Å². The molecule has 4 rings (SSSR count). The molecule has 0 bridgehead atoms. The molecule has 3 N–H and O–H groups in total. The molecule has 0 spiro atoms. The Labute approximate surface area is 133 Å². The summed E-state index contributed by atoms with van der Waals surface area (Å²) in [6.07, 6.45) is 0. The lowest BCUT2D eigenvalue weighted by atomic mass is 10.2. The number of nitrogens with one attached hydrogen (secondary N) is 2. The molecule has 0 radical (unpaired) electrons. The zero-order chi connectivity index (χ0) is 15.3. The molecule has 2 aromatic carbocycles. The van der Waals surface area contributed by atoms with E-state index < -0.39 is 0 Å². The first-order valence-corrected chi connectivity index (χ1v) is 7.55. The number of H-pyrrole nitrogens is 2. The third-order valence-corrected chi connectivity index (χ3v) is 4.40. The molecule has 0 aliphatic rings. The molecule has 0 saturated carbocycles. The van der Waals surface area contributed by atoms with Gasteiger partial charge in [-0.1, -0.05) is 22.0 Å². The van der Waals surface area contributed by atoms with Crippen molar-refractivity contribution in [1.29, 1.82) is 0 Å². The van der Waals surface area contributed by atoms with Crippen LogP contribution in [0.4, 0.5) is 0 Å². The van der Waals surface area contributed by atoms with Crippen molar-refractivity contribution in [2.24, 2.45) is 0 Å². The van der Waals surface area contributed by atoms with Gasteiger partial charge in [0, 0.05) is 26.3 Å². The molecule has 0 aliphatic carbocycles. The van der Waals surface area contributed by atoms with Gasteiger partial charge in [-0.3, -0.25) is 4.79 Å². The van der Waals surface area contributed by atoms with E-state index in [2.05, 4.69) is 25.9 Å². The second kappa shape index (κ2) is 4.74. The Balaban J connectivity index is 1.82. The van der Waals surface area contributed by atoms with E-state index in [-0.39, 0.29) is 11.5 Å². The number of rotatable bonds is 2. The summed E-state index contributed by atoms with van der Waals surface area (Å²) in [5.41, 5.74) is 2.74. The minimum absolute atomic E-state index is 0.112. The molecule has 4 nitrogen and oxygen atoms in total. The highest BCUT2D eigenvalue weighted by molar-refractivity contribution is 9.10. The second-order valence-electron chi connectivity index (χ2n) is 5.17. The van der Waals surface area contributed by atoms with Gasteiger partial charge in [0.05, 0.1) is 11.4 Å². The molecule has 0 saturated heterocycles. The minimum Gasteiger partial charge on any atom is -0.508 e. The number of phenolic OH excluding ortho intramolecular Hbond substituents is 1. The quantitative estimate of drug-likeness (QED) is 0.468. The van der Waals surface area contributed by atoms with E-state index in [0.717, 1.165) is 26.3 Å². The highest BCUT2D eigenvalue weighted by Gasteiger charge is 2.15.